The summed E-state index contributed by atoms with van der Waals surface area (Å²) < 4.78 is 19.1. The van der Waals surface area contributed by atoms with Crippen LogP contribution < -0.4 is 10.1 Å². The number of ether oxygens (including phenoxy) is 1. The summed E-state index contributed by atoms with van der Waals surface area (Å²) in [5.41, 5.74) is 1.96. The lowest BCUT2D eigenvalue weighted by Crippen LogP contribution is -2.37. The number of aromatic amines is 1. The van der Waals surface area contributed by atoms with E-state index >= 15 is 0 Å². The Morgan fingerprint density at radius 3 is 2.92 bits per heavy atom. The summed E-state index contributed by atoms with van der Waals surface area (Å²) in [6.07, 6.45) is 0.828. The van der Waals surface area contributed by atoms with Gasteiger partial charge < -0.3 is 15.0 Å². The summed E-state index contributed by atoms with van der Waals surface area (Å²) in [5.74, 6) is 0.745. The molecule has 26 heavy (non-hydrogen) atoms. The molecule has 0 unspecified atom stereocenters. The number of benzene rings is 2. The van der Waals surface area contributed by atoms with E-state index in [-0.39, 0.29) is 11.7 Å². The van der Waals surface area contributed by atoms with Gasteiger partial charge in [-0.2, -0.15) is 0 Å². The molecule has 0 aliphatic rings. The number of hydrogen-bond donors (Lipinski definition) is 2. The van der Waals surface area contributed by atoms with Gasteiger partial charge in [-0.1, -0.05) is 12.1 Å². The van der Waals surface area contributed by atoms with Crippen LogP contribution in [0.3, 0.4) is 0 Å². The number of amides is 1. The van der Waals surface area contributed by atoms with Gasteiger partial charge in [0.25, 0.3) is 5.91 Å². The molecule has 1 atom stereocenters. The van der Waals surface area contributed by atoms with Crippen molar-refractivity contribution in [3.05, 3.63) is 58.6 Å². The van der Waals surface area contributed by atoms with Crippen LogP contribution in [0.1, 0.15) is 19.2 Å². The lowest BCUT2D eigenvalue weighted by atomic mass is 10.3. The van der Waals surface area contributed by atoms with Crippen LogP contribution in [0.5, 0.6) is 5.75 Å². The summed E-state index contributed by atoms with van der Waals surface area (Å²) in [4.78, 5) is 19.9. The number of aryl methyl sites for hydroxylation is 1. The van der Waals surface area contributed by atoms with Gasteiger partial charge in [-0.15, -0.1) is 0 Å². The Bertz CT molecular complexity index is 880. The van der Waals surface area contributed by atoms with Crippen molar-refractivity contribution in [3.8, 4) is 5.75 Å². The average Bonchev–Trinajstić information content (AvgIpc) is 3.03. The molecule has 1 amide bonds. The SMILES string of the molecule is C[C@@H](Oc1ccc(F)cc1Br)C(=O)NCCCc1nc2ccccc2[nH]1. The van der Waals surface area contributed by atoms with E-state index in [0.29, 0.717) is 16.8 Å². The molecule has 0 saturated heterocycles. The Morgan fingerprint density at radius 2 is 2.15 bits per heavy atom. The van der Waals surface area contributed by atoms with Crippen LogP contribution in [0.25, 0.3) is 11.0 Å². The highest BCUT2D eigenvalue weighted by molar-refractivity contribution is 9.10. The third-order valence-electron chi connectivity index (χ3n) is 3.89. The van der Waals surface area contributed by atoms with Gasteiger partial charge in [-0.05, 0) is 59.6 Å². The van der Waals surface area contributed by atoms with Crippen LogP contribution in [0, 0.1) is 5.82 Å². The van der Waals surface area contributed by atoms with Crippen LogP contribution >= 0.6 is 15.9 Å². The molecule has 0 spiro atoms. The zero-order valence-corrected chi connectivity index (χ0v) is 15.8. The minimum atomic E-state index is -0.678. The van der Waals surface area contributed by atoms with Gasteiger partial charge in [0.1, 0.15) is 17.4 Å². The second-order valence-corrected chi connectivity index (χ2v) is 6.78. The molecule has 2 N–H and O–H groups in total. The molecule has 0 radical (unpaired) electrons. The first-order valence-corrected chi connectivity index (χ1v) is 9.15. The molecule has 0 aliphatic carbocycles. The van der Waals surface area contributed by atoms with Gasteiger partial charge >= 0.3 is 0 Å². The molecule has 136 valence electrons. The third kappa shape index (κ3) is 4.60. The summed E-state index contributed by atoms with van der Waals surface area (Å²) in [6.45, 7) is 2.18. The van der Waals surface area contributed by atoms with Crippen LogP contribution in [0.2, 0.25) is 0 Å². The number of H-pyrrole nitrogens is 1. The number of nitrogens with one attached hydrogen (secondary N) is 2. The Balaban J connectivity index is 1.44. The molecule has 1 heterocycles. The first kappa shape index (κ1) is 18.4. The van der Waals surface area contributed by atoms with Crippen molar-refractivity contribution in [3.63, 3.8) is 0 Å². The number of para-hydroxylation sites is 2. The Labute approximate surface area is 159 Å². The smallest absolute Gasteiger partial charge is 0.260 e. The number of halogens is 2. The average molecular weight is 420 g/mol. The van der Waals surface area contributed by atoms with Crippen molar-refractivity contribution in [2.75, 3.05) is 6.54 Å². The molecule has 2 aromatic carbocycles. The van der Waals surface area contributed by atoms with Gasteiger partial charge in [0.15, 0.2) is 6.10 Å². The van der Waals surface area contributed by atoms with Gasteiger partial charge in [-0.25, -0.2) is 9.37 Å². The first-order chi connectivity index (χ1) is 12.5. The molecule has 0 bridgehead atoms. The maximum absolute atomic E-state index is 13.1. The van der Waals surface area contributed by atoms with Crippen molar-refractivity contribution >= 4 is 32.9 Å². The summed E-state index contributed by atoms with van der Waals surface area (Å²) in [7, 11) is 0. The fourth-order valence-electron chi connectivity index (χ4n) is 2.55. The maximum atomic E-state index is 13.1. The fourth-order valence-corrected chi connectivity index (χ4v) is 2.99. The van der Waals surface area contributed by atoms with Crippen molar-refractivity contribution in [1.82, 2.24) is 15.3 Å². The van der Waals surface area contributed by atoms with Crippen molar-refractivity contribution in [2.24, 2.45) is 0 Å². The van der Waals surface area contributed by atoms with E-state index < -0.39 is 6.10 Å². The minimum absolute atomic E-state index is 0.217. The number of aromatic nitrogens is 2. The number of carbonyl (C=O) groups excluding carboxylic acids is 1. The van der Waals surface area contributed by atoms with Crippen molar-refractivity contribution in [1.29, 1.82) is 0 Å². The lowest BCUT2D eigenvalue weighted by molar-refractivity contribution is -0.127. The van der Waals surface area contributed by atoms with E-state index in [9.17, 15) is 9.18 Å². The molecule has 3 aromatic rings. The zero-order chi connectivity index (χ0) is 18.5. The Morgan fingerprint density at radius 1 is 1.35 bits per heavy atom. The molecule has 3 rings (SSSR count). The summed E-state index contributed by atoms with van der Waals surface area (Å²) in [6, 6.07) is 11.9. The molecule has 5 nitrogen and oxygen atoms in total. The first-order valence-electron chi connectivity index (χ1n) is 8.36. The van der Waals surface area contributed by atoms with Gasteiger partial charge in [0.05, 0.1) is 15.5 Å². The predicted octanol–water partition coefficient (Wildman–Crippen LogP) is 3.98. The van der Waals surface area contributed by atoms with Crippen LogP contribution in [-0.4, -0.2) is 28.5 Å². The van der Waals surface area contributed by atoms with E-state index in [2.05, 4.69) is 31.2 Å². The molecule has 0 saturated carbocycles. The normalized spacial score (nSPS) is 12.1. The molecular formula is C19H19BrFN3O2. The number of carbonyl (C=O) groups is 1. The standard InChI is InChI=1S/C19H19BrFN3O2/c1-12(26-17-9-8-13(21)11-14(17)20)19(25)22-10-4-7-18-23-15-5-2-3-6-16(15)24-18/h2-3,5-6,8-9,11-12H,4,7,10H2,1H3,(H,22,25)(H,23,24)/t12-/m1/s1. The van der Waals surface area contributed by atoms with E-state index in [4.69, 9.17) is 4.74 Å². The van der Waals surface area contributed by atoms with Crippen molar-refractivity contribution in [2.45, 2.75) is 25.9 Å². The number of fused-ring (bicyclic) bond motifs is 1. The van der Waals surface area contributed by atoms with E-state index in [1.165, 1.54) is 18.2 Å². The number of imidazole rings is 1. The Hall–Kier alpha value is -2.41. The quantitative estimate of drug-likeness (QED) is 0.569. The highest BCUT2D eigenvalue weighted by Gasteiger charge is 2.15. The number of hydrogen-bond acceptors (Lipinski definition) is 3. The van der Waals surface area contributed by atoms with E-state index in [1.807, 2.05) is 24.3 Å². The molecule has 1 aromatic heterocycles. The topological polar surface area (TPSA) is 67.0 Å². The van der Waals surface area contributed by atoms with Crippen molar-refractivity contribution < 1.29 is 13.9 Å². The van der Waals surface area contributed by atoms with Crippen LogP contribution in [-0.2, 0) is 11.2 Å². The monoisotopic (exact) mass is 419 g/mol. The molecule has 0 aliphatic heterocycles. The predicted molar refractivity (Wildman–Crippen MR) is 102 cm³/mol. The third-order valence-corrected chi connectivity index (χ3v) is 4.51. The van der Waals surface area contributed by atoms with Gasteiger partial charge in [0.2, 0.25) is 0 Å². The molecule has 0 fully saturated rings. The fraction of sp³-hybridized carbons (Fsp3) is 0.263. The zero-order valence-electron chi connectivity index (χ0n) is 14.3. The van der Waals surface area contributed by atoms with Gasteiger partial charge in [0, 0.05) is 13.0 Å². The summed E-state index contributed by atoms with van der Waals surface area (Å²) >= 11 is 3.22. The second kappa shape index (κ2) is 8.31. The maximum Gasteiger partial charge on any atom is 0.260 e. The van der Waals surface area contributed by atoms with Crippen LogP contribution in [0.4, 0.5) is 4.39 Å². The second-order valence-electron chi connectivity index (χ2n) is 5.93. The number of nitrogens with zero attached hydrogens (tertiary/aromatic N) is 1. The van der Waals surface area contributed by atoms with E-state index in [1.54, 1.807) is 6.92 Å². The van der Waals surface area contributed by atoms with E-state index in [0.717, 1.165) is 29.7 Å². The highest BCUT2D eigenvalue weighted by Crippen LogP contribution is 2.26. The Kier molecular flexibility index (Phi) is 5.88. The van der Waals surface area contributed by atoms with Gasteiger partial charge in [-0.3, -0.25) is 4.79 Å². The largest absolute Gasteiger partial charge is 0.480 e. The lowest BCUT2D eigenvalue weighted by Gasteiger charge is -2.15. The summed E-state index contributed by atoms with van der Waals surface area (Å²) in [5, 5.41) is 2.84. The number of rotatable bonds is 7. The minimum Gasteiger partial charge on any atom is -0.480 e. The van der Waals surface area contributed by atoms with Crippen LogP contribution in [0.15, 0.2) is 46.9 Å². The molecular weight excluding hydrogens is 401 g/mol. The molecule has 7 heteroatoms. The highest BCUT2D eigenvalue weighted by atomic mass is 79.9.